The van der Waals surface area contributed by atoms with Crippen LogP contribution in [-0.2, 0) is 24.4 Å². The molecular weight excluding hydrogens is 779 g/mol. The first-order chi connectivity index (χ1) is 28.0. The van der Waals surface area contributed by atoms with Crippen molar-refractivity contribution in [2.75, 3.05) is 6.54 Å². The summed E-state index contributed by atoms with van der Waals surface area (Å²) < 4.78 is 41.6. The topological polar surface area (TPSA) is 211 Å². The van der Waals surface area contributed by atoms with Gasteiger partial charge in [0.2, 0.25) is 21.8 Å². The molecule has 0 bridgehead atoms. The van der Waals surface area contributed by atoms with Crippen LogP contribution < -0.4 is 24.8 Å². The summed E-state index contributed by atoms with van der Waals surface area (Å²) in [7, 11) is -4.02. The third kappa shape index (κ3) is 9.09. The number of hydrogen-bond acceptors (Lipinski definition) is 10. The van der Waals surface area contributed by atoms with Crippen LogP contribution in [0.5, 0.6) is 11.5 Å². The summed E-state index contributed by atoms with van der Waals surface area (Å²) in [5.74, 6) is -1.36. The van der Waals surface area contributed by atoms with Gasteiger partial charge < -0.3 is 30.1 Å². The summed E-state index contributed by atoms with van der Waals surface area (Å²) in [6.07, 6.45) is 7.91. The van der Waals surface area contributed by atoms with Crippen molar-refractivity contribution in [1.82, 2.24) is 35.0 Å². The fourth-order valence-corrected chi connectivity index (χ4v) is 9.44. The molecule has 4 N–H and O–H groups in total. The molecule has 2 aliphatic carbocycles. The van der Waals surface area contributed by atoms with E-state index >= 15 is 0 Å². The van der Waals surface area contributed by atoms with Gasteiger partial charge in [-0.3, -0.25) is 19.1 Å². The van der Waals surface area contributed by atoms with Gasteiger partial charge in [-0.15, -0.1) is 0 Å². The Bertz CT molecular complexity index is 2210. The number of fused-ring (bicyclic) bond motifs is 2. The zero-order valence-electron chi connectivity index (χ0n) is 34.0. The monoisotopic (exact) mass is 831 g/mol. The lowest BCUT2D eigenvalue weighted by atomic mass is 9.88. The third-order valence-corrected chi connectivity index (χ3v) is 14.0. The standard InChI is InChI=1S/C42H53N7O9S/c1-25(2)57-30-13-11-28(12-14-30)33-20-31(22-35(44-33)49-18-8-17-43-49)58-32-21-34-37(50)46-42(39(52)47-59(55,56)41(5)15-16-41)23-29(42)10-7-6-9-26(3)19-27(4)36(45-40(53)54)38(51)48(34)24-32/h7-8,10-14,17-18,20,22,25-27,29,32,34,36,45H,6,9,15-16,19,21,23-24H2,1-5H3,(H,46,50)(H,47,52)(H,53,54)/t26-,27-,29-,32-,34+,36+,42-/m1/s1. The Hall–Kier alpha value is -5.45. The molecule has 0 unspecified atom stereocenters. The first-order valence-electron chi connectivity index (χ1n) is 20.3. The second-order valence-corrected chi connectivity index (χ2v) is 19.3. The molecule has 17 heteroatoms. The number of ether oxygens (including phenoxy) is 2. The Morgan fingerprint density at radius 1 is 1.07 bits per heavy atom. The number of nitrogens with zero attached hydrogens (tertiary/aromatic N) is 4. The van der Waals surface area contributed by atoms with Gasteiger partial charge in [-0.05, 0) is 101 Å². The number of hydrogen-bond donors (Lipinski definition) is 4. The molecule has 7 rings (SSSR count). The van der Waals surface area contributed by atoms with Crippen molar-refractivity contribution in [3.05, 3.63) is 67.0 Å². The van der Waals surface area contributed by atoms with Crippen LogP contribution in [0.2, 0.25) is 0 Å². The molecular formula is C42H53N7O9S. The van der Waals surface area contributed by atoms with Crippen molar-refractivity contribution >= 4 is 33.8 Å². The third-order valence-electron chi connectivity index (χ3n) is 11.9. The average molecular weight is 832 g/mol. The van der Waals surface area contributed by atoms with E-state index < -0.39 is 74.1 Å². The van der Waals surface area contributed by atoms with Crippen LogP contribution in [0, 0.1) is 17.8 Å². The molecule has 1 aromatic carbocycles. The lowest BCUT2D eigenvalue weighted by Gasteiger charge is -2.32. The molecule has 7 atom stereocenters. The van der Waals surface area contributed by atoms with E-state index in [1.807, 2.05) is 64.1 Å². The fourth-order valence-electron chi connectivity index (χ4n) is 8.13. The smallest absolute Gasteiger partial charge is 0.405 e. The molecule has 316 valence electrons. The van der Waals surface area contributed by atoms with Gasteiger partial charge in [-0.1, -0.05) is 26.0 Å². The highest BCUT2D eigenvalue weighted by molar-refractivity contribution is 7.91. The van der Waals surface area contributed by atoms with Crippen molar-refractivity contribution in [3.63, 3.8) is 0 Å². The largest absolute Gasteiger partial charge is 0.491 e. The van der Waals surface area contributed by atoms with Gasteiger partial charge >= 0.3 is 6.09 Å². The van der Waals surface area contributed by atoms with Crippen LogP contribution in [-0.4, -0.2) is 98.1 Å². The van der Waals surface area contributed by atoms with Crippen molar-refractivity contribution < 1.29 is 42.2 Å². The summed E-state index contributed by atoms with van der Waals surface area (Å²) >= 11 is 0. The van der Waals surface area contributed by atoms with Crippen LogP contribution >= 0.6 is 0 Å². The Kier molecular flexibility index (Phi) is 11.5. The van der Waals surface area contributed by atoms with Crippen LogP contribution in [0.1, 0.15) is 79.6 Å². The highest BCUT2D eigenvalue weighted by atomic mass is 32.2. The minimum atomic E-state index is -4.02. The van der Waals surface area contributed by atoms with Crippen LogP contribution in [0.4, 0.5) is 4.79 Å². The van der Waals surface area contributed by atoms with E-state index in [-0.39, 0.29) is 31.4 Å². The first-order valence-corrected chi connectivity index (χ1v) is 21.8. The van der Waals surface area contributed by atoms with Gasteiger partial charge in [0.1, 0.15) is 35.2 Å². The minimum absolute atomic E-state index is 0.00373. The molecule has 0 radical (unpaired) electrons. The average Bonchev–Trinajstić information content (AvgIpc) is 3.92. The van der Waals surface area contributed by atoms with E-state index in [1.54, 1.807) is 42.2 Å². The first kappa shape index (κ1) is 41.7. The van der Waals surface area contributed by atoms with Gasteiger partial charge in [0.15, 0.2) is 5.82 Å². The number of carboxylic acid groups (broad SMARTS) is 1. The quantitative estimate of drug-likeness (QED) is 0.208. The molecule has 4 aliphatic rings. The second-order valence-electron chi connectivity index (χ2n) is 17.1. The second kappa shape index (κ2) is 16.3. The molecule has 2 saturated carbocycles. The van der Waals surface area contributed by atoms with Gasteiger partial charge in [-0.25, -0.2) is 22.9 Å². The number of sulfonamides is 1. The maximum atomic E-state index is 14.6. The van der Waals surface area contributed by atoms with Crippen molar-refractivity contribution in [2.24, 2.45) is 17.8 Å². The molecule has 0 spiro atoms. The summed E-state index contributed by atoms with van der Waals surface area (Å²) in [5.41, 5.74) is -0.227. The van der Waals surface area contributed by atoms with E-state index in [2.05, 4.69) is 20.5 Å². The summed E-state index contributed by atoms with van der Waals surface area (Å²) in [6.45, 7) is 9.23. The number of amides is 4. The molecule has 59 heavy (non-hydrogen) atoms. The predicted octanol–water partition coefficient (Wildman–Crippen LogP) is 4.59. The van der Waals surface area contributed by atoms with E-state index in [9.17, 15) is 32.7 Å². The number of carbonyl (C=O) groups excluding carboxylic acids is 3. The zero-order valence-corrected chi connectivity index (χ0v) is 34.8. The number of nitrogens with one attached hydrogen (secondary N) is 3. The van der Waals surface area contributed by atoms with Crippen LogP contribution in [0.15, 0.2) is 67.0 Å². The molecule has 2 aromatic heterocycles. The predicted molar refractivity (Wildman–Crippen MR) is 217 cm³/mol. The zero-order chi connectivity index (χ0) is 42.3. The van der Waals surface area contributed by atoms with E-state index in [4.69, 9.17) is 14.5 Å². The molecule has 1 saturated heterocycles. The van der Waals surface area contributed by atoms with Gasteiger partial charge in [0.25, 0.3) is 5.91 Å². The number of allylic oxidation sites excluding steroid dienone is 1. The maximum Gasteiger partial charge on any atom is 0.405 e. The molecule has 3 aromatic rings. The molecule has 4 amide bonds. The lowest BCUT2D eigenvalue weighted by Crippen LogP contribution is -2.59. The Balaban J connectivity index is 1.22. The summed E-state index contributed by atoms with van der Waals surface area (Å²) in [6, 6.07) is 10.3. The van der Waals surface area contributed by atoms with E-state index in [0.29, 0.717) is 48.7 Å². The van der Waals surface area contributed by atoms with E-state index in [1.165, 1.54) is 4.90 Å². The Labute approximate surface area is 344 Å². The summed E-state index contributed by atoms with van der Waals surface area (Å²) in [4.78, 5) is 61.3. The number of aromatic nitrogens is 3. The van der Waals surface area contributed by atoms with Gasteiger partial charge in [-0.2, -0.15) is 5.10 Å². The molecule has 16 nitrogen and oxygen atoms in total. The molecule has 2 aliphatic heterocycles. The fraction of sp³-hybridized carbons (Fsp3) is 0.524. The highest BCUT2D eigenvalue weighted by Crippen LogP contribution is 2.47. The lowest BCUT2D eigenvalue weighted by molar-refractivity contribution is -0.142. The molecule has 3 fully saturated rings. The maximum absolute atomic E-state index is 14.6. The number of pyridine rings is 1. The Morgan fingerprint density at radius 3 is 2.47 bits per heavy atom. The van der Waals surface area contributed by atoms with Crippen LogP contribution in [0.25, 0.3) is 17.1 Å². The van der Waals surface area contributed by atoms with Gasteiger partial charge in [0.05, 0.1) is 23.1 Å². The SMILES string of the molecule is CC(C)Oc1ccc(-c2cc(O[C@@H]3C[C@H]4C(=O)N[C@]5(C(=O)NS(=O)(=O)C6(C)CC6)C[C@H]5C=CCC[C@@H](C)C[C@@H](C)[C@H](NC(=O)O)C(=O)N4C3)cc(-n3cccn3)n2)cc1. The summed E-state index contributed by atoms with van der Waals surface area (Å²) in [5, 5.41) is 19.5. The highest BCUT2D eigenvalue weighted by Gasteiger charge is 2.63. The number of rotatable bonds is 10. The van der Waals surface area contributed by atoms with E-state index in [0.717, 1.165) is 12.0 Å². The van der Waals surface area contributed by atoms with Crippen molar-refractivity contribution in [1.29, 1.82) is 0 Å². The van der Waals surface area contributed by atoms with Crippen molar-refractivity contribution in [2.45, 2.75) is 114 Å². The van der Waals surface area contributed by atoms with Crippen molar-refractivity contribution in [3.8, 4) is 28.6 Å². The Morgan fingerprint density at radius 2 is 1.81 bits per heavy atom. The molecule has 4 heterocycles. The van der Waals surface area contributed by atoms with Crippen LogP contribution in [0.3, 0.4) is 0 Å². The number of carbonyl (C=O) groups is 4. The van der Waals surface area contributed by atoms with Gasteiger partial charge in [0, 0.05) is 42.4 Å². The minimum Gasteiger partial charge on any atom is -0.491 e. The normalized spacial score (nSPS) is 28.0. The number of benzene rings is 1.